The number of aryl methyl sites for hydroxylation is 2. The van der Waals surface area contributed by atoms with Crippen LogP contribution in [0.1, 0.15) is 48.8 Å². The first-order chi connectivity index (χ1) is 9.61. The molecule has 20 heavy (non-hydrogen) atoms. The van der Waals surface area contributed by atoms with Gasteiger partial charge in [-0.05, 0) is 43.7 Å². The van der Waals surface area contributed by atoms with Crippen molar-refractivity contribution in [3.05, 3.63) is 34.9 Å². The van der Waals surface area contributed by atoms with E-state index in [4.69, 9.17) is 4.74 Å². The summed E-state index contributed by atoms with van der Waals surface area (Å²) < 4.78 is 5.54. The normalized spacial score (nSPS) is 17.9. The van der Waals surface area contributed by atoms with Gasteiger partial charge in [0.2, 0.25) is 0 Å². The zero-order valence-corrected chi connectivity index (χ0v) is 12.9. The van der Waals surface area contributed by atoms with Gasteiger partial charge in [-0.25, -0.2) is 0 Å². The van der Waals surface area contributed by atoms with Crippen molar-refractivity contribution in [2.75, 3.05) is 7.11 Å². The largest absolute Gasteiger partial charge is 0.373 e. The lowest BCUT2D eigenvalue weighted by atomic mass is 9.82. The highest BCUT2D eigenvalue weighted by Gasteiger charge is 2.29. The molecule has 2 heteroatoms. The lowest BCUT2D eigenvalue weighted by Crippen LogP contribution is -2.34. The van der Waals surface area contributed by atoms with Crippen LogP contribution in [-0.4, -0.2) is 19.0 Å². The van der Waals surface area contributed by atoms with Gasteiger partial charge >= 0.3 is 0 Å². The predicted molar refractivity (Wildman–Crippen MR) is 82.0 cm³/mol. The fraction of sp³-hybridized carbons (Fsp3) is 0.611. The Bertz CT molecular complexity index is 458. The van der Waals surface area contributed by atoms with Crippen molar-refractivity contribution < 1.29 is 9.53 Å². The number of ether oxygens (including phenoxy) is 1. The van der Waals surface area contributed by atoms with Crippen LogP contribution in [0.5, 0.6) is 0 Å². The maximum atomic E-state index is 12.6. The Labute approximate surface area is 122 Å². The second kappa shape index (κ2) is 7.03. The van der Waals surface area contributed by atoms with Crippen LogP contribution in [0.2, 0.25) is 0 Å². The minimum absolute atomic E-state index is 0.213. The summed E-state index contributed by atoms with van der Waals surface area (Å²) in [5, 5.41) is 0. The lowest BCUT2D eigenvalue weighted by molar-refractivity contribution is -0.132. The molecule has 1 aliphatic carbocycles. The second-order valence-corrected chi connectivity index (χ2v) is 6.13. The topological polar surface area (TPSA) is 26.3 Å². The van der Waals surface area contributed by atoms with Crippen LogP contribution in [0.4, 0.5) is 0 Å². The number of ketones is 1. The van der Waals surface area contributed by atoms with E-state index in [1.165, 1.54) is 30.4 Å². The van der Waals surface area contributed by atoms with E-state index in [0.717, 1.165) is 18.4 Å². The van der Waals surface area contributed by atoms with E-state index in [1.807, 2.05) is 0 Å². The van der Waals surface area contributed by atoms with Crippen molar-refractivity contribution in [1.29, 1.82) is 0 Å². The Kier molecular flexibility index (Phi) is 5.36. The van der Waals surface area contributed by atoms with Gasteiger partial charge in [-0.15, -0.1) is 0 Å². The number of hydrogen-bond acceptors (Lipinski definition) is 2. The monoisotopic (exact) mass is 274 g/mol. The van der Waals surface area contributed by atoms with Crippen LogP contribution in [-0.2, 0) is 16.0 Å². The van der Waals surface area contributed by atoms with Crippen molar-refractivity contribution in [1.82, 2.24) is 0 Å². The van der Waals surface area contributed by atoms with Gasteiger partial charge in [0.15, 0.2) is 5.78 Å². The molecule has 1 aromatic rings. The molecule has 1 aromatic carbocycles. The molecule has 0 aliphatic heterocycles. The van der Waals surface area contributed by atoms with E-state index in [-0.39, 0.29) is 11.9 Å². The molecule has 0 saturated heterocycles. The Hall–Kier alpha value is -1.15. The molecule has 110 valence electrons. The first-order valence-corrected chi connectivity index (χ1v) is 7.73. The fourth-order valence-electron chi connectivity index (χ4n) is 3.30. The fourth-order valence-corrected chi connectivity index (χ4v) is 3.30. The smallest absolute Gasteiger partial charge is 0.166 e. The van der Waals surface area contributed by atoms with Crippen LogP contribution < -0.4 is 0 Å². The molecule has 0 aromatic heterocycles. The highest BCUT2D eigenvalue weighted by molar-refractivity contribution is 5.85. The molecule has 1 atom stereocenters. The van der Waals surface area contributed by atoms with Crippen molar-refractivity contribution in [2.24, 2.45) is 5.92 Å². The molecular weight excluding hydrogens is 248 g/mol. The second-order valence-electron chi connectivity index (χ2n) is 6.13. The van der Waals surface area contributed by atoms with Crippen molar-refractivity contribution in [3.63, 3.8) is 0 Å². The van der Waals surface area contributed by atoms with E-state index in [0.29, 0.717) is 12.3 Å². The minimum atomic E-state index is -0.213. The summed E-state index contributed by atoms with van der Waals surface area (Å²) in [6.45, 7) is 4.15. The van der Waals surface area contributed by atoms with Crippen molar-refractivity contribution in [3.8, 4) is 0 Å². The highest BCUT2D eigenvalue weighted by Crippen LogP contribution is 2.29. The average molecular weight is 274 g/mol. The quantitative estimate of drug-likeness (QED) is 0.811. The summed E-state index contributed by atoms with van der Waals surface area (Å²) in [7, 11) is 1.68. The van der Waals surface area contributed by atoms with E-state index >= 15 is 0 Å². The molecule has 0 amide bonds. The zero-order valence-electron chi connectivity index (χ0n) is 12.9. The summed E-state index contributed by atoms with van der Waals surface area (Å²) in [6.07, 6.45) is 6.34. The van der Waals surface area contributed by atoms with Gasteiger partial charge in [0, 0.05) is 13.5 Å². The third-order valence-electron chi connectivity index (χ3n) is 4.52. The van der Waals surface area contributed by atoms with Gasteiger partial charge in [0.05, 0.1) is 0 Å². The zero-order chi connectivity index (χ0) is 14.5. The van der Waals surface area contributed by atoms with Gasteiger partial charge in [0.25, 0.3) is 0 Å². The Morgan fingerprint density at radius 1 is 1.25 bits per heavy atom. The number of methoxy groups -OCH3 is 1. The number of carbonyl (C=O) groups excluding carboxylic acids is 1. The van der Waals surface area contributed by atoms with Crippen LogP contribution in [0, 0.1) is 19.8 Å². The molecule has 2 nitrogen and oxygen atoms in total. The highest BCUT2D eigenvalue weighted by atomic mass is 16.5. The molecule has 0 heterocycles. The van der Waals surface area contributed by atoms with E-state index < -0.39 is 0 Å². The molecule has 0 N–H and O–H groups in total. The molecule has 1 saturated carbocycles. The maximum Gasteiger partial charge on any atom is 0.166 e. The van der Waals surface area contributed by atoms with Gasteiger partial charge in [-0.2, -0.15) is 0 Å². The third-order valence-corrected chi connectivity index (χ3v) is 4.52. The molecule has 1 aliphatic rings. The number of hydrogen-bond donors (Lipinski definition) is 0. The summed E-state index contributed by atoms with van der Waals surface area (Å²) >= 11 is 0. The summed E-state index contributed by atoms with van der Waals surface area (Å²) in [5.41, 5.74) is 3.56. The van der Waals surface area contributed by atoms with Gasteiger partial charge < -0.3 is 4.74 Å². The lowest BCUT2D eigenvalue weighted by Gasteiger charge is -2.28. The predicted octanol–water partition coefficient (Wildman–Crippen LogP) is 4.01. The van der Waals surface area contributed by atoms with E-state index in [2.05, 4.69) is 32.0 Å². The van der Waals surface area contributed by atoms with Crippen LogP contribution in [0.3, 0.4) is 0 Å². The molecular formula is C18H26O2. The standard InChI is InChI=1S/C18H26O2/c1-13-9-10-14(2)16(11-13)12-17(19)18(20-3)15-7-5-4-6-8-15/h9-11,15,18H,4-8,12H2,1-3H3. The molecule has 0 bridgehead atoms. The summed E-state index contributed by atoms with van der Waals surface area (Å²) in [4.78, 5) is 12.6. The number of Topliss-reactive ketones (excluding diaryl/α,β-unsaturated/α-hetero) is 1. The summed E-state index contributed by atoms with van der Waals surface area (Å²) in [5.74, 6) is 0.666. The number of carbonyl (C=O) groups is 1. The van der Waals surface area contributed by atoms with Gasteiger partial charge in [-0.3, -0.25) is 4.79 Å². The summed E-state index contributed by atoms with van der Waals surface area (Å²) in [6, 6.07) is 6.32. The molecule has 0 spiro atoms. The van der Waals surface area contributed by atoms with Crippen LogP contribution in [0.15, 0.2) is 18.2 Å². The Morgan fingerprint density at radius 2 is 1.95 bits per heavy atom. The molecule has 2 rings (SSSR count). The molecule has 0 radical (unpaired) electrons. The first-order valence-electron chi connectivity index (χ1n) is 7.73. The van der Waals surface area contributed by atoms with Gasteiger partial charge in [-0.1, -0.05) is 43.0 Å². The van der Waals surface area contributed by atoms with Crippen LogP contribution >= 0.6 is 0 Å². The number of rotatable bonds is 5. The third kappa shape index (κ3) is 3.69. The van der Waals surface area contributed by atoms with Crippen molar-refractivity contribution >= 4 is 5.78 Å². The Morgan fingerprint density at radius 3 is 2.60 bits per heavy atom. The minimum Gasteiger partial charge on any atom is -0.373 e. The van der Waals surface area contributed by atoms with Crippen molar-refractivity contribution in [2.45, 2.75) is 58.5 Å². The average Bonchev–Trinajstić information content (AvgIpc) is 2.45. The number of benzene rings is 1. The van der Waals surface area contributed by atoms with Gasteiger partial charge in [0.1, 0.15) is 6.10 Å². The SMILES string of the molecule is COC(C(=O)Cc1cc(C)ccc1C)C1CCCCC1. The first kappa shape index (κ1) is 15.2. The Balaban J connectivity index is 2.06. The maximum absolute atomic E-state index is 12.6. The van der Waals surface area contributed by atoms with E-state index in [9.17, 15) is 4.79 Å². The van der Waals surface area contributed by atoms with E-state index in [1.54, 1.807) is 7.11 Å². The molecule has 1 fully saturated rings. The molecule has 1 unspecified atom stereocenters. The van der Waals surface area contributed by atoms with Crippen LogP contribution in [0.25, 0.3) is 0 Å².